The maximum absolute atomic E-state index is 11.0. The van der Waals surface area contributed by atoms with E-state index in [-0.39, 0.29) is 6.61 Å². The first-order chi connectivity index (χ1) is 7.92. The topological polar surface area (TPSA) is 92.4 Å². The number of aryl methyl sites for hydroxylation is 1. The van der Waals surface area contributed by atoms with Crippen LogP contribution in [0.4, 0.5) is 5.69 Å². The lowest BCUT2D eigenvalue weighted by molar-refractivity contribution is 0.305. The standard InChI is InChI=1S/C11H14N2O3S/c1-9-5-6-10(4-2-3-7-14)11(8-9)13-17(12,15)16/h5-6,8,13-14H,3,7H2,1H3,(H2,12,15,16). The maximum Gasteiger partial charge on any atom is 0.296 e. The molecule has 0 bridgehead atoms. The van der Waals surface area contributed by atoms with Crippen molar-refractivity contribution >= 4 is 15.9 Å². The zero-order valence-electron chi connectivity index (χ0n) is 9.40. The highest BCUT2D eigenvalue weighted by molar-refractivity contribution is 7.90. The van der Waals surface area contributed by atoms with Gasteiger partial charge in [0.1, 0.15) is 0 Å². The highest BCUT2D eigenvalue weighted by atomic mass is 32.2. The first kappa shape index (κ1) is 13.5. The zero-order chi connectivity index (χ0) is 12.9. The Hall–Kier alpha value is -1.55. The van der Waals surface area contributed by atoms with Gasteiger partial charge in [-0.25, -0.2) is 5.14 Å². The van der Waals surface area contributed by atoms with Crippen LogP contribution in [0.2, 0.25) is 0 Å². The molecule has 5 nitrogen and oxygen atoms in total. The van der Waals surface area contributed by atoms with Crippen LogP contribution in [0.3, 0.4) is 0 Å². The quantitative estimate of drug-likeness (QED) is 0.679. The molecule has 0 heterocycles. The van der Waals surface area contributed by atoms with E-state index in [4.69, 9.17) is 10.2 Å². The van der Waals surface area contributed by atoms with Crippen LogP contribution in [0, 0.1) is 18.8 Å². The molecule has 0 aliphatic rings. The van der Waals surface area contributed by atoms with E-state index in [0.29, 0.717) is 17.7 Å². The number of aliphatic hydroxyl groups excluding tert-OH is 1. The fourth-order valence-electron chi connectivity index (χ4n) is 1.22. The molecule has 0 saturated heterocycles. The molecular formula is C11H14N2O3S. The first-order valence-corrected chi connectivity index (χ1v) is 6.48. The van der Waals surface area contributed by atoms with Crippen LogP contribution in [0.1, 0.15) is 17.5 Å². The van der Waals surface area contributed by atoms with Crippen LogP contribution >= 0.6 is 0 Å². The van der Waals surface area contributed by atoms with Gasteiger partial charge in [0.2, 0.25) is 0 Å². The molecule has 6 heteroatoms. The molecule has 17 heavy (non-hydrogen) atoms. The van der Waals surface area contributed by atoms with Crippen molar-refractivity contribution in [3.05, 3.63) is 29.3 Å². The number of aliphatic hydroxyl groups is 1. The SMILES string of the molecule is Cc1ccc(C#CCCO)c(NS(N)(=O)=O)c1. The Bertz CT molecular complexity index is 556. The highest BCUT2D eigenvalue weighted by Gasteiger charge is 2.06. The van der Waals surface area contributed by atoms with Gasteiger partial charge in [-0.15, -0.1) is 0 Å². The van der Waals surface area contributed by atoms with Crippen molar-refractivity contribution in [3.63, 3.8) is 0 Å². The summed E-state index contributed by atoms with van der Waals surface area (Å²) in [7, 11) is -3.81. The van der Waals surface area contributed by atoms with Crippen molar-refractivity contribution in [2.75, 3.05) is 11.3 Å². The van der Waals surface area contributed by atoms with Crippen molar-refractivity contribution in [1.29, 1.82) is 0 Å². The Kier molecular flexibility index (Phi) is 4.52. The summed E-state index contributed by atoms with van der Waals surface area (Å²) in [5, 5.41) is 13.5. The molecule has 0 aliphatic heterocycles. The fraction of sp³-hybridized carbons (Fsp3) is 0.273. The lowest BCUT2D eigenvalue weighted by Crippen LogP contribution is -2.22. The molecular weight excluding hydrogens is 240 g/mol. The summed E-state index contributed by atoms with van der Waals surface area (Å²) in [4.78, 5) is 0. The summed E-state index contributed by atoms with van der Waals surface area (Å²) in [6.45, 7) is 1.80. The second kappa shape index (κ2) is 5.68. The van der Waals surface area contributed by atoms with E-state index in [1.54, 1.807) is 12.1 Å². The lowest BCUT2D eigenvalue weighted by Gasteiger charge is -2.07. The van der Waals surface area contributed by atoms with E-state index >= 15 is 0 Å². The largest absolute Gasteiger partial charge is 0.395 e. The predicted octanol–water partition coefficient (Wildman–Crippen LogP) is 0.344. The Labute approximate surface area is 101 Å². The molecule has 0 aliphatic carbocycles. The summed E-state index contributed by atoms with van der Waals surface area (Å²) >= 11 is 0. The molecule has 0 aromatic heterocycles. The smallest absolute Gasteiger partial charge is 0.296 e. The van der Waals surface area contributed by atoms with E-state index in [2.05, 4.69) is 16.6 Å². The molecule has 92 valence electrons. The van der Waals surface area contributed by atoms with Gasteiger partial charge in [0, 0.05) is 12.0 Å². The molecule has 0 atom stereocenters. The summed E-state index contributed by atoms with van der Waals surface area (Å²) in [6.07, 6.45) is 0.336. The van der Waals surface area contributed by atoms with E-state index in [9.17, 15) is 8.42 Å². The second-order valence-corrected chi connectivity index (χ2v) is 4.77. The monoisotopic (exact) mass is 254 g/mol. The molecule has 0 fully saturated rings. The first-order valence-electron chi connectivity index (χ1n) is 4.93. The fourth-order valence-corrected chi connectivity index (χ4v) is 1.69. The third-order valence-corrected chi connectivity index (χ3v) is 2.39. The Morgan fingerprint density at radius 2 is 2.18 bits per heavy atom. The van der Waals surface area contributed by atoms with Crippen LogP contribution in [-0.4, -0.2) is 20.1 Å². The van der Waals surface area contributed by atoms with Gasteiger partial charge in [0.25, 0.3) is 10.2 Å². The highest BCUT2D eigenvalue weighted by Crippen LogP contribution is 2.17. The molecule has 1 rings (SSSR count). The number of nitrogens with one attached hydrogen (secondary N) is 1. The average molecular weight is 254 g/mol. The van der Waals surface area contributed by atoms with Gasteiger partial charge >= 0.3 is 0 Å². The Morgan fingerprint density at radius 3 is 2.76 bits per heavy atom. The van der Waals surface area contributed by atoms with Crippen molar-refractivity contribution in [1.82, 2.24) is 0 Å². The predicted molar refractivity (Wildman–Crippen MR) is 66.5 cm³/mol. The third-order valence-electron chi connectivity index (χ3n) is 1.89. The van der Waals surface area contributed by atoms with E-state index in [1.807, 2.05) is 13.0 Å². The van der Waals surface area contributed by atoms with E-state index in [0.717, 1.165) is 5.56 Å². The number of anilines is 1. The molecule has 0 unspecified atom stereocenters. The molecule has 1 aromatic carbocycles. The molecule has 0 amide bonds. The number of rotatable bonds is 3. The van der Waals surface area contributed by atoms with Crippen LogP contribution in [0.25, 0.3) is 0 Å². The van der Waals surface area contributed by atoms with Gasteiger partial charge in [-0.1, -0.05) is 17.9 Å². The van der Waals surface area contributed by atoms with Crippen molar-refractivity contribution in [2.24, 2.45) is 5.14 Å². The van der Waals surface area contributed by atoms with Gasteiger partial charge in [0.15, 0.2) is 0 Å². The van der Waals surface area contributed by atoms with E-state index < -0.39 is 10.2 Å². The minimum absolute atomic E-state index is 0.0309. The summed E-state index contributed by atoms with van der Waals surface area (Å²) in [5.41, 5.74) is 1.76. The average Bonchev–Trinajstić information content (AvgIpc) is 2.19. The summed E-state index contributed by atoms with van der Waals surface area (Å²) in [6, 6.07) is 5.16. The van der Waals surface area contributed by atoms with Gasteiger partial charge in [-0.2, -0.15) is 8.42 Å². The minimum atomic E-state index is -3.81. The van der Waals surface area contributed by atoms with Crippen LogP contribution in [0.5, 0.6) is 0 Å². The van der Waals surface area contributed by atoms with Crippen LogP contribution in [-0.2, 0) is 10.2 Å². The molecule has 0 spiro atoms. The van der Waals surface area contributed by atoms with Crippen molar-refractivity contribution < 1.29 is 13.5 Å². The molecule has 4 N–H and O–H groups in total. The maximum atomic E-state index is 11.0. The van der Waals surface area contributed by atoms with Gasteiger partial charge in [0.05, 0.1) is 12.3 Å². The van der Waals surface area contributed by atoms with Crippen LogP contribution in [0.15, 0.2) is 18.2 Å². The molecule has 0 radical (unpaired) electrons. The number of nitrogens with two attached hydrogens (primary N) is 1. The van der Waals surface area contributed by atoms with Crippen molar-refractivity contribution in [3.8, 4) is 11.8 Å². The summed E-state index contributed by atoms with van der Waals surface area (Å²) < 4.78 is 24.1. The zero-order valence-corrected chi connectivity index (χ0v) is 10.2. The summed E-state index contributed by atoms with van der Waals surface area (Å²) in [5.74, 6) is 5.49. The van der Waals surface area contributed by atoms with Gasteiger partial charge in [-0.05, 0) is 24.6 Å². The third kappa shape index (κ3) is 4.87. The van der Waals surface area contributed by atoms with Crippen LogP contribution < -0.4 is 9.86 Å². The number of hydrogen-bond acceptors (Lipinski definition) is 3. The Morgan fingerprint density at radius 1 is 1.47 bits per heavy atom. The number of benzene rings is 1. The minimum Gasteiger partial charge on any atom is -0.395 e. The van der Waals surface area contributed by atoms with Crippen molar-refractivity contribution in [2.45, 2.75) is 13.3 Å². The molecule has 0 saturated carbocycles. The van der Waals surface area contributed by atoms with Gasteiger partial charge in [-0.3, -0.25) is 4.72 Å². The van der Waals surface area contributed by atoms with Gasteiger partial charge < -0.3 is 5.11 Å². The molecule has 1 aromatic rings. The second-order valence-electron chi connectivity index (χ2n) is 3.47. The lowest BCUT2D eigenvalue weighted by atomic mass is 10.1. The number of hydrogen-bond donors (Lipinski definition) is 3. The normalized spacial score (nSPS) is 10.5. The Balaban J connectivity index is 3.09. The van der Waals surface area contributed by atoms with E-state index in [1.165, 1.54) is 0 Å².